The molecular weight excluding hydrogens is 314 g/mol. The first-order valence-electron chi connectivity index (χ1n) is 7.06. The molecule has 23 heavy (non-hydrogen) atoms. The summed E-state index contributed by atoms with van der Waals surface area (Å²) in [5.74, 6) is 0.415. The first kappa shape index (κ1) is 16.8. The second kappa shape index (κ2) is 8.19. The summed E-state index contributed by atoms with van der Waals surface area (Å²) in [5, 5.41) is 7.67. The number of rotatable bonds is 6. The number of carbonyl (C=O) groups excluding carboxylic acids is 1. The summed E-state index contributed by atoms with van der Waals surface area (Å²) in [6.45, 7) is 1.87. The minimum atomic E-state index is -0.262. The molecule has 0 aliphatic heterocycles. The number of amides is 1. The van der Waals surface area contributed by atoms with E-state index in [0.29, 0.717) is 16.5 Å². The molecule has 1 amide bonds. The number of carbonyl (C=O) groups is 1. The van der Waals surface area contributed by atoms with E-state index in [1.165, 1.54) is 0 Å². The molecule has 0 fully saturated rings. The summed E-state index contributed by atoms with van der Waals surface area (Å²) in [5.41, 5.74) is 4.67. The summed E-state index contributed by atoms with van der Waals surface area (Å²) >= 11 is 6.09. The van der Waals surface area contributed by atoms with Crippen LogP contribution in [0.4, 0.5) is 5.69 Å². The van der Waals surface area contributed by atoms with Crippen molar-refractivity contribution in [1.82, 2.24) is 5.43 Å². The Labute approximate surface area is 140 Å². The Hall–Kier alpha value is -2.53. The van der Waals surface area contributed by atoms with Gasteiger partial charge in [0.25, 0.3) is 5.91 Å². The first-order chi connectivity index (χ1) is 11.1. The van der Waals surface area contributed by atoms with Crippen molar-refractivity contribution in [2.24, 2.45) is 5.10 Å². The zero-order valence-electron chi connectivity index (χ0n) is 13.0. The Morgan fingerprint density at radius 1 is 1.17 bits per heavy atom. The van der Waals surface area contributed by atoms with Crippen LogP contribution < -0.4 is 15.5 Å². The summed E-state index contributed by atoms with van der Waals surface area (Å²) < 4.78 is 5.21. The molecule has 0 aliphatic rings. The van der Waals surface area contributed by atoms with Gasteiger partial charge in [-0.25, -0.2) is 5.43 Å². The predicted octanol–water partition coefficient (Wildman–Crippen LogP) is 3.30. The van der Waals surface area contributed by atoms with Crippen LogP contribution >= 0.6 is 11.6 Å². The lowest BCUT2D eigenvalue weighted by molar-refractivity contribution is -0.119. The average Bonchev–Trinajstić information content (AvgIpc) is 2.58. The average molecular weight is 332 g/mol. The second-order valence-corrected chi connectivity index (χ2v) is 5.17. The lowest BCUT2D eigenvalue weighted by atomic mass is 10.1. The fraction of sp³-hybridized carbons (Fsp3) is 0.176. The van der Waals surface area contributed by atoms with E-state index in [0.717, 1.165) is 11.3 Å². The highest BCUT2D eigenvalue weighted by atomic mass is 35.5. The fourth-order valence-corrected chi connectivity index (χ4v) is 2.24. The lowest BCUT2D eigenvalue weighted by Gasteiger charge is -2.10. The van der Waals surface area contributed by atoms with Crippen LogP contribution in [0.25, 0.3) is 0 Å². The van der Waals surface area contributed by atoms with E-state index in [1.807, 2.05) is 42.5 Å². The van der Waals surface area contributed by atoms with Crippen molar-refractivity contribution in [3.05, 3.63) is 59.1 Å². The third-order valence-corrected chi connectivity index (χ3v) is 3.49. The van der Waals surface area contributed by atoms with Crippen LogP contribution in [0.1, 0.15) is 12.5 Å². The second-order valence-electron chi connectivity index (χ2n) is 4.77. The number of benzene rings is 2. The maximum Gasteiger partial charge on any atom is 0.259 e. The number of nitrogens with one attached hydrogen (secondary N) is 2. The van der Waals surface area contributed by atoms with Crippen LogP contribution in [0.2, 0.25) is 5.02 Å². The third-order valence-electron chi connectivity index (χ3n) is 3.16. The number of hydrazone groups is 1. The molecule has 0 atom stereocenters. The molecule has 0 radical (unpaired) electrons. The van der Waals surface area contributed by atoms with E-state index in [-0.39, 0.29) is 12.5 Å². The fourth-order valence-electron chi connectivity index (χ4n) is 1.97. The molecule has 2 rings (SSSR count). The van der Waals surface area contributed by atoms with Gasteiger partial charge in [-0.1, -0.05) is 41.9 Å². The summed E-state index contributed by atoms with van der Waals surface area (Å²) in [6.07, 6.45) is 0. The van der Waals surface area contributed by atoms with Crippen LogP contribution in [0.5, 0.6) is 5.75 Å². The van der Waals surface area contributed by atoms with E-state index >= 15 is 0 Å². The van der Waals surface area contributed by atoms with Crippen molar-refractivity contribution in [3.8, 4) is 5.75 Å². The normalized spacial score (nSPS) is 11.0. The number of methoxy groups -OCH3 is 1. The zero-order valence-corrected chi connectivity index (χ0v) is 13.7. The van der Waals surface area contributed by atoms with Crippen LogP contribution in [0, 0.1) is 0 Å². The number of ether oxygens (including phenoxy) is 1. The molecule has 2 N–H and O–H groups in total. The van der Waals surface area contributed by atoms with E-state index in [1.54, 1.807) is 20.1 Å². The van der Waals surface area contributed by atoms with Crippen molar-refractivity contribution >= 4 is 28.9 Å². The number of hydrogen-bond donors (Lipinski definition) is 2. The molecule has 0 heterocycles. The van der Waals surface area contributed by atoms with Crippen molar-refractivity contribution in [2.75, 3.05) is 19.0 Å². The van der Waals surface area contributed by atoms with Crippen LogP contribution in [-0.4, -0.2) is 25.3 Å². The van der Waals surface area contributed by atoms with Crippen molar-refractivity contribution in [3.63, 3.8) is 0 Å². The molecule has 2 aromatic rings. The van der Waals surface area contributed by atoms with Gasteiger partial charge in [0.1, 0.15) is 5.75 Å². The molecule has 6 heteroatoms. The number of para-hydroxylation sites is 2. The topological polar surface area (TPSA) is 62.7 Å². The highest BCUT2D eigenvalue weighted by molar-refractivity contribution is 6.34. The zero-order chi connectivity index (χ0) is 16.7. The summed E-state index contributed by atoms with van der Waals surface area (Å²) in [4.78, 5) is 11.9. The molecule has 0 aliphatic carbocycles. The molecular formula is C17H18ClN3O2. The first-order valence-corrected chi connectivity index (χ1v) is 7.44. The number of hydrogen-bond acceptors (Lipinski definition) is 4. The number of nitrogens with zero attached hydrogens (tertiary/aromatic N) is 1. The van der Waals surface area contributed by atoms with Crippen molar-refractivity contribution < 1.29 is 9.53 Å². The van der Waals surface area contributed by atoms with E-state index in [4.69, 9.17) is 16.3 Å². The van der Waals surface area contributed by atoms with Gasteiger partial charge in [-0.2, -0.15) is 5.10 Å². The van der Waals surface area contributed by atoms with E-state index in [2.05, 4.69) is 15.8 Å². The highest BCUT2D eigenvalue weighted by Crippen LogP contribution is 2.22. The van der Waals surface area contributed by atoms with Gasteiger partial charge in [0.05, 0.1) is 25.1 Å². The van der Waals surface area contributed by atoms with Crippen LogP contribution in [0.15, 0.2) is 53.6 Å². The summed E-state index contributed by atoms with van der Waals surface area (Å²) in [7, 11) is 1.58. The molecule has 2 aromatic carbocycles. The highest BCUT2D eigenvalue weighted by Gasteiger charge is 2.06. The largest absolute Gasteiger partial charge is 0.495 e. The Morgan fingerprint density at radius 2 is 1.87 bits per heavy atom. The molecule has 5 nitrogen and oxygen atoms in total. The van der Waals surface area contributed by atoms with E-state index < -0.39 is 0 Å². The minimum absolute atomic E-state index is 0.0830. The van der Waals surface area contributed by atoms with Crippen LogP contribution in [-0.2, 0) is 4.79 Å². The molecule has 0 saturated heterocycles. The smallest absolute Gasteiger partial charge is 0.259 e. The monoisotopic (exact) mass is 331 g/mol. The molecule has 0 bridgehead atoms. The van der Waals surface area contributed by atoms with Gasteiger partial charge in [0.2, 0.25) is 0 Å². The molecule has 120 valence electrons. The number of anilines is 1. The van der Waals surface area contributed by atoms with Gasteiger partial charge in [-0.05, 0) is 25.1 Å². The standard InChI is InChI=1S/C17H18ClN3O2/c1-12(13-7-3-4-8-14(13)18)20-21-17(22)11-19-15-9-5-6-10-16(15)23-2/h3-10,19H,11H2,1-2H3,(H,21,22)/b20-12-. The maximum atomic E-state index is 11.9. The SMILES string of the molecule is COc1ccccc1NCC(=O)N/N=C(/C)c1ccccc1Cl. The van der Waals surface area contributed by atoms with E-state index in [9.17, 15) is 4.79 Å². The molecule has 0 unspecified atom stereocenters. The predicted molar refractivity (Wildman–Crippen MR) is 93.3 cm³/mol. The van der Waals surface area contributed by atoms with Gasteiger partial charge in [-0.15, -0.1) is 0 Å². The van der Waals surface area contributed by atoms with Gasteiger partial charge in [-0.3, -0.25) is 4.79 Å². The number of halogens is 1. The van der Waals surface area contributed by atoms with Gasteiger partial charge in [0.15, 0.2) is 0 Å². The Morgan fingerprint density at radius 3 is 2.61 bits per heavy atom. The lowest BCUT2D eigenvalue weighted by Crippen LogP contribution is -2.26. The maximum absolute atomic E-state index is 11.9. The molecule has 0 saturated carbocycles. The van der Waals surface area contributed by atoms with Crippen molar-refractivity contribution in [1.29, 1.82) is 0 Å². The quantitative estimate of drug-likeness (QED) is 0.630. The molecule has 0 spiro atoms. The third kappa shape index (κ3) is 4.72. The molecule has 0 aromatic heterocycles. The van der Waals surface area contributed by atoms with Crippen molar-refractivity contribution in [2.45, 2.75) is 6.92 Å². The Balaban J connectivity index is 1.92. The minimum Gasteiger partial charge on any atom is -0.495 e. The Bertz CT molecular complexity index is 716. The van der Waals surface area contributed by atoms with Gasteiger partial charge >= 0.3 is 0 Å². The van der Waals surface area contributed by atoms with Gasteiger partial charge < -0.3 is 10.1 Å². The Kier molecular flexibility index (Phi) is 6.00. The summed E-state index contributed by atoms with van der Waals surface area (Å²) in [6, 6.07) is 14.7. The van der Waals surface area contributed by atoms with Crippen LogP contribution in [0.3, 0.4) is 0 Å². The van der Waals surface area contributed by atoms with Gasteiger partial charge in [0, 0.05) is 10.6 Å².